The number of anilines is 1. The molecule has 30 heavy (non-hydrogen) atoms. The van der Waals surface area contributed by atoms with E-state index in [-0.39, 0.29) is 29.6 Å². The maximum absolute atomic E-state index is 11.9. The first kappa shape index (κ1) is 20.5. The van der Waals surface area contributed by atoms with E-state index in [2.05, 4.69) is 5.32 Å². The van der Waals surface area contributed by atoms with Crippen LogP contribution in [-0.2, 0) is 14.3 Å². The van der Waals surface area contributed by atoms with Gasteiger partial charge in [-0.05, 0) is 43.3 Å². The fourth-order valence-electron chi connectivity index (χ4n) is 2.57. The van der Waals surface area contributed by atoms with Gasteiger partial charge in [0.2, 0.25) is 6.79 Å². The minimum absolute atomic E-state index is 0.0473. The third-order valence-electron chi connectivity index (χ3n) is 4.04. The van der Waals surface area contributed by atoms with Crippen molar-refractivity contribution in [1.29, 1.82) is 0 Å². The molecule has 0 bridgehead atoms. The maximum Gasteiger partial charge on any atom is 0.331 e. The molecule has 0 unspecified atom stereocenters. The van der Waals surface area contributed by atoms with E-state index in [0.717, 1.165) is 6.08 Å². The van der Waals surface area contributed by atoms with E-state index in [0.29, 0.717) is 17.0 Å². The van der Waals surface area contributed by atoms with Crippen LogP contribution in [0.2, 0.25) is 0 Å². The van der Waals surface area contributed by atoms with Gasteiger partial charge in [-0.3, -0.25) is 19.7 Å². The molecule has 0 aliphatic carbocycles. The quantitative estimate of drug-likeness (QED) is 0.241. The minimum atomic E-state index is -0.857. The predicted molar refractivity (Wildman–Crippen MR) is 104 cm³/mol. The summed E-state index contributed by atoms with van der Waals surface area (Å²) in [5, 5.41) is 13.7. The number of nitrogens with zero attached hydrogens (tertiary/aromatic N) is 1. The van der Waals surface area contributed by atoms with Crippen molar-refractivity contribution in [2.45, 2.75) is 6.92 Å². The van der Waals surface area contributed by atoms with E-state index in [1.54, 1.807) is 24.3 Å². The summed E-state index contributed by atoms with van der Waals surface area (Å²) in [5.74, 6) is -0.972. The number of ether oxygens (including phenoxy) is 3. The number of benzene rings is 2. The number of ketones is 1. The summed E-state index contributed by atoms with van der Waals surface area (Å²) in [6, 6.07) is 8.81. The molecule has 3 rings (SSSR count). The molecule has 0 aromatic heterocycles. The number of carbonyl (C=O) groups excluding carboxylic acids is 3. The molecule has 1 aliphatic heterocycles. The van der Waals surface area contributed by atoms with Crippen molar-refractivity contribution in [2.75, 3.05) is 18.7 Å². The van der Waals surface area contributed by atoms with E-state index >= 15 is 0 Å². The lowest BCUT2D eigenvalue weighted by atomic mass is 10.1. The van der Waals surface area contributed by atoms with Crippen LogP contribution in [0.1, 0.15) is 22.8 Å². The van der Waals surface area contributed by atoms with Gasteiger partial charge in [0.25, 0.3) is 11.6 Å². The van der Waals surface area contributed by atoms with Gasteiger partial charge in [-0.2, -0.15) is 0 Å². The highest BCUT2D eigenvalue weighted by atomic mass is 16.7. The molecule has 10 heteroatoms. The monoisotopic (exact) mass is 412 g/mol. The van der Waals surface area contributed by atoms with Crippen LogP contribution in [0.5, 0.6) is 11.5 Å². The fraction of sp³-hybridized carbons (Fsp3) is 0.150. The molecular weight excluding hydrogens is 396 g/mol. The zero-order valence-corrected chi connectivity index (χ0v) is 15.7. The molecule has 2 aromatic rings. The Labute approximate surface area is 170 Å². The van der Waals surface area contributed by atoms with Crippen LogP contribution in [0.4, 0.5) is 11.4 Å². The van der Waals surface area contributed by atoms with Crippen LogP contribution in [0.15, 0.2) is 42.5 Å². The Balaban J connectivity index is 1.57. The Morgan fingerprint density at radius 1 is 1.17 bits per heavy atom. The highest BCUT2D eigenvalue weighted by molar-refractivity contribution is 5.97. The van der Waals surface area contributed by atoms with Crippen LogP contribution >= 0.6 is 0 Å². The van der Waals surface area contributed by atoms with E-state index in [4.69, 9.17) is 14.2 Å². The van der Waals surface area contributed by atoms with Crippen LogP contribution in [0, 0.1) is 10.1 Å². The van der Waals surface area contributed by atoms with Crippen LogP contribution in [0.3, 0.4) is 0 Å². The molecule has 0 atom stereocenters. The molecule has 10 nitrogen and oxygen atoms in total. The molecule has 154 valence electrons. The standard InChI is InChI=1S/C20H16N2O8/c1-12(23)13-2-5-15(6-3-13)21-19(24)10-28-20(25)7-4-14-8-17-18(30-11-29-17)9-16(14)22(26)27/h2-9H,10-11H2,1H3,(H,21,24)/b7-4+. The summed E-state index contributed by atoms with van der Waals surface area (Å²) in [5.41, 5.74) is 0.793. The molecule has 1 aliphatic rings. The molecule has 0 spiro atoms. The number of hydrogen-bond acceptors (Lipinski definition) is 8. The minimum Gasteiger partial charge on any atom is -0.454 e. The lowest BCUT2D eigenvalue weighted by molar-refractivity contribution is -0.385. The first-order chi connectivity index (χ1) is 14.3. The van der Waals surface area contributed by atoms with E-state index in [9.17, 15) is 24.5 Å². The normalized spacial score (nSPS) is 11.9. The number of amides is 1. The number of nitro benzene ring substituents is 1. The average molecular weight is 412 g/mol. The van der Waals surface area contributed by atoms with Gasteiger partial charge in [-0.15, -0.1) is 0 Å². The number of rotatable bonds is 7. The molecule has 0 saturated carbocycles. The second kappa shape index (κ2) is 8.86. The zero-order valence-electron chi connectivity index (χ0n) is 15.7. The topological polar surface area (TPSA) is 134 Å². The van der Waals surface area contributed by atoms with Crippen molar-refractivity contribution in [1.82, 2.24) is 0 Å². The van der Waals surface area contributed by atoms with Crippen molar-refractivity contribution >= 4 is 35.1 Å². The molecule has 0 fully saturated rings. The summed E-state index contributed by atoms with van der Waals surface area (Å²) in [7, 11) is 0. The molecule has 2 aromatic carbocycles. The van der Waals surface area contributed by atoms with Crippen molar-refractivity contribution in [3.8, 4) is 11.5 Å². The highest BCUT2D eigenvalue weighted by Crippen LogP contribution is 2.38. The van der Waals surface area contributed by atoms with Gasteiger partial charge in [0.15, 0.2) is 23.9 Å². The van der Waals surface area contributed by atoms with Gasteiger partial charge in [0.05, 0.1) is 16.6 Å². The summed E-state index contributed by atoms with van der Waals surface area (Å²) >= 11 is 0. The van der Waals surface area contributed by atoms with Gasteiger partial charge in [0.1, 0.15) is 0 Å². The number of carbonyl (C=O) groups is 3. The predicted octanol–water partition coefficient (Wildman–Crippen LogP) is 2.72. The first-order valence-electron chi connectivity index (χ1n) is 8.67. The van der Waals surface area contributed by atoms with E-state index in [1.807, 2.05) is 0 Å². The maximum atomic E-state index is 11.9. The summed E-state index contributed by atoms with van der Waals surface area (Å²) in [6.45, 7) is 0.827. The van der Waals surface area contributed by atoms with Gasteiger partial charge < -0.3 is 19.5 Å². The third-order valence-corrected chi connectivity index (χ3v) is 4.04. The van der Waals surface area contributed by atoms with Gasteiger partial charge in [0, 0.05) is 17.3 Å². The van der Waals surface area contributed by atoms with Crippen molar-refractivity contribution in [3.05, 3.63) is 63.7 Å². The smallest absolute Gasteiger partial charge is 0.331 e. The number of hydrogen-bond donors (Lipinski definition) is 1. The summed E-state index contributed by atoms with van der Waals surface area (Å²) < 4.78 is 15.1. The summed E-state index contributed by atoms with van der Waals surface area (Å²) in [6.07, 6.45) is 2.17. The van der Waals surface area contributed by atoms with Gasteiger partial charge >= 0.3 is 5.97 Å². The van der Waals surface area contributed by atoms with Gasteiger partial charge in [-0.1, -0.05) is 0 Å². The van der Waals surface area contributed by atoms with Crippen LogP contribution in [0.25, 0.3) is 6.08 Å². The third kappa shape index (κ3) is 4.98. The number of fused-ring (bicyclic) bond motifs is 1. The summed E-state index contributed by atoms with van der Waals surface area (Å²) in [4.78, 5) is 45.6. The Kier molecular flexibility index (Phi) is 6.06. The molecule has 1 N–H and O–H groups in total. The second-order valence-corrected chi connectivity index (χ2v) is 6.14. The van der Waals surface area contributed by atoms with Crippen LogP contribution in [-0.4, -0.2) is 36.0 Å². The molecule has 1 amide bonds. The largest absolute Gasteiger partial charge is 0.454 e. The fourth-order valence-corrected chi connectivity index (χ4v) is 2.57. The molecule has 0 radical (unpaired) electrons. The number of Topliss-reactive ketones (excluding diaryl/α,β-unsaturated/α-hetero) is 1. The molecule has 1 heterocycles. The second-order valence-electron chi connectivity index (χ2n) is 6.14. The van der Waals surface area contributed by atoms with Gasteiger partial charge in [-0.25, -0.2) is 4.79 Å². The lowest BCUT2D eigenvalue weighted by Crippen LogP contribution is -2.20. The Morgan fingerprint density at radius 2 is 1.83 bits per heavy atom. The lowest BCUT2D eigenvalue weighted by Gasteiger charge is -2.06. The molecular formula is C20H16N2O8. The zero-order chi connectivity index (χ0) is 21.7. The van der Waals surface area contributed by atoms with Crippen molar-refractivity contribution in [3.63, 3.8) is 0 Å². The molecule has 0 saturated heterocycles. The average Bonchev–Trinajstić information content (AvgIpc) is 3.17. The van der Waals surface area contributed by atoms with E-state index in [1.165, 1.54) is 25.1 Å². The number of nitrogens with one attached hydrogen (secondary N) is 1. The Hall–Kier alpha value is -4.21. The number of esters is 1. The Morgan fingerprint density at radius 3 is 2.47 bits per heavy atom. The van der Waals surface area contributed by atoms with E-state index < -0.39 is 23.4 Å². The SMILES string of the molecule is CC(=O)c1ccc(NC(=O)COC(=O)/C=C/c2cc3c(cc2[N+](=O)[O-])OCO3)cc1. The highest BCUT2D eigenvalue weighted by Gasteiger charge is 2.22. The van der Waals surface area contributed by atoms with Crippen LogP contribution < -0.4 is 14.8 Å². The van der Waals surface area contributed by atoms with Crippen molar-refractivity contribution < 1.29 is 33.5 Å². The number of nitro groups is 1. The van der Waals surface area contributed by atoms with Crippen molar-refractivity contribution in [2.24, 2.45) is 0 Å². The first-order valence-corrected chi connectivity index (χ1v) is 8.67. The Bertz CT molecular complexity index is 1040.